The number of esters is 3. The van der Waals surface area contributed by atoms with Gasteiger partial charge in [0.15, 0.2) is 6.10 Å². The van der Waals surface area contributed by atoms with E-state index in [0.717, 1.165) is 83.5 Å². The fraction of sp³-hybridized carbons (Fsp3) is 0.747. The summed E-state index contributed by atoms with van der Waals surface area (Å²) in [6.45, 7) is 6.50. The second-order valence-corrected chi connectivity index (χ2v) is 23.1. The Hall–Kier alpha value is -3.67. The lowest BCUT2D eigenvalue weighted by atomic mass is 10.0. The van der Waals surface area contributed by atoms with Gasteiger partial charge in [0, 0.05) is 19.3 Å². The summed E-state index contributed by atoms with van der Waals surface area (Å²) in [5.41, 5.74) is 0. The summed E-state index contributed by atoms with van der Waals surface area (Å²) in [5, 5.41) is 0. The van der Waals surface area contributed by atoms with Gasteiger partial charge in [0.05, 0.1) is 0 Å². The highest BCUT2D eigenvalue weighted by Crippen LogP contribution is 2.17. The molecule has 1 unspecified atom stereocenters. The first-order valence-corrected chi connectivity index (χ1v) is 34.7. The Kier molecular flexibility index (Phi) is 65.7. The summed E-state index contributed by atoms with van der Waals surface area (Å²) < 4.78 is 16.9. The molecule has 0 aliphatic rings. The molecule has 0 fully saturated rings. The second-order valence-electron chi connectivity index (χ2n) is 23.1. The molecule has 0 aliphatic carbocycles. The van der Waals surface area contributed by atoms with Gasteiger partial charge in [0.1, 0.15) is 13.2 Å². The van der Waals surface area contributed by atoms with Gasteiger partial charge >= 0.3 is 17.9 Å². The van der Waals surface area contributed by atoms with Crippen molar-refractivity contribution < 1.29 is 28.6 Å². The molecule has 0 aromatic rings. The number of allylic oxidation sites excluding steroid dienone is 16. The van der Waals surface area contributed by atoms with Gasteiger partial charge in [0.25, 0.3) is 0 Å². The van der Waals surface area contributed by atoms with Crippen LogP contribution in [0.4, 0.5) is 0 Å². The zero-order chi connectivity index (χ0) is 58.5. The van der Waals surface area contributed by atoms with Gasteiger partial charge < -0.3 is 14.2 Å². The molecule has 0 saturated heterocycles. The van der Waals surface area contributed by atoms with Crippen LogP contribution >= 0.6 is 0 Å². The number of carbonyl (C=O) groups is 3. The Bertz CT molecular complexity index is 1580. The molecule has 0 aliphatic heterocycles. The predicted molar refractivity (Wildman–Crippen MR) is 353 cm³/mol. The second kappa shape index (κ2) is 68.8. The molecule has 0 bridgehead atoms. The molecule has 0 amide bonds. The molecule has 0 aromatic heterocycles. The van der Waals surface area contributed by atoms with E-state index in [1.165, 1.54) is 212 Å². The van der Waals surface area contributed by atoms with E-state index >= 15 is 0 Å². The Morgan fingerprint density at radius 3 is 0.827 bits per heavy atom. The number of hydrogen-bond donors (Lipinski definition) is 0. The first kappa shape index (κ1) is 77.3. The van der Waals surface area contributed by atoms with Crippen molar-refractivity contribution in [3.05, 3.63) is 97.2 Å². The average Bonchev–Trinajstić information content (AvgIpc) is 3.47. The number of unbranched alkanes of at least 4 members (excludes halogenated alkanes) is 36. The van der Waals surface area contributed by atoms with E-state index in [-0.39, 0.29) is 37.5 Å². The third-order valence-electron chi connectivity index (χ3n) is 15.1. The molecule has 0 heterocycles. The fourth-order valence-corrected chi connectivity index (χ4v) is 9.91. The molecule has 0 aromatic carbocycles. The number of carbonyl (C=O) groups excluding carboxylic acids is 3. The van der Waals surface area contributed by atoms with Gasteiger partial charge in [-0.3, -0.25) is 14.4 Å². The van der Waals surface area contributed by atoms with Gasteiger partial charge in [-0.05, 0) is 89.9 Å². The van der Waals surface area contributed by atoms with Crippen LogP contribution in [0.5, 0.6) is 0 Å². The highest BCUT2D eigenvalue weighted by atomic mass is 16.6. The van der Waals surface area contributed by atoms with E-state index < -0.39 is 6.10 Å². The maximum absolute atomic E-state index is 13.0. The highest BCUT2D eigenvalue weighted by molar-refractivity contribution is 5.71. The van der Waals surface area contributed by atoms with Crippen LogP contribution in [0.3, 0.4) is 0 Å². The summed E-state index contributed by atoms with van der Waals surface area (Å²) in [6, 6.07) is 0. The van der Waals surface area contributed by atoms with Crippen LogP contribution in [0.2, 0.25) is 0 Å². The maximum atomic E-state index is 13.0. The summed E-state index contributed by atoms with van der Waals surface area (Å²) in [6.07, 6.45) is 93.0. The minimum absolute atomic E-state index is 0.0999. The minimum Gasteiger partial charge on any atom is -0.462 e. The molecule has 0 N–H and O–H groups in total. The third kappa shape index (κ3) is 67.0. The van der Waals surface area contributed by atoms with Crippen LogP contribution in [-0.2, 0) is 28.6 Å². The van der Waals surface area contributed by atoms with Gasteiger partial charge in [-0.2, -0.15) is 0 Å². The smallest absolute Gasteiger partial charge is 0.306 e. The fourth-order valence-electron chi connectivity index (χ4n) is 9.91. The standard InChI is InChI=1S/C75H130O6/c1-4-7-10-13-16-19-22-25-28-31-34-36-37-39-41-44-47-50-53-56-59-62-65-68-74(77)80-71-72(70-79-73(76)67-64-61-58-55-52-49-46-43-40-33-30-27-24-21-18-15-12-9-6-3)81-75(78)69-66-63-60-57-54-51-48-45-42-38-35-32-29-26-23-20-17-14-11-8-5-2/h9,12,18,21,23,26-27,30,32,35,40,43,49,52,58,61,72H,4-8,10-11,13-17,19-20,22,24-25,28-29,31,33-34,36-39,41-42,44-48,50-51,53-57,59-60,62-71H2,1-3H3/b12-9-,21-18-,26-23-,30-27-,35-32-,43-40-,52-49-,61-58-. The molecule has 0 spiro atoms. The van der Waals surface area contributed by atoms with Crippen LogP contribution in [0, 0.1) is 0 Å². The predicted octanol–water partition coefficient (Wildman–Crippen LogP) is 24.0. The van der Waals surface area contributed by atoms with Gasteiger partial charge in [-0.1, -0.05) is 330 Å². The maximum Gasteiger partial charge on any atom is 0.306 e. The van der Waals surface area contributed by atoms with E-state index in [9.17, 15) is 14.4 Å². The van der Waals surface area contributed by atoms with Crippen LogP contribution in [0.1, 0.15) is 342 Å². The molecule has 6 heteroatoms. The van der Waals surface area contributed by atoms with Crippen LogP contribution < -0.4 is 0 Å². The number of ether oxygens (including phenoxy) is 3. The lowest BCUT2D eigenvalue weighted by Crippen LogP contribution is -2.30. The monoisotopic (exact) mass is 1130 g/mol. The van der Waals surface area contributed by atoms with Gasteiger partial charge in [-0.15, -0.1) is 0 Å². The molecule has 0 saturated carbocycles. The van der Waals surface area contributed by atoms with Crippen molar-refractivity contribution in [2.75, 3.05) is 13.2 Å². The molecule has 0 radical (unpaired) electrons. The molecule has 81 heavy (non-hydrogen) atoms. The van der Waals surface area contributed by atoms with Gasteiger partial charge in [0.2, 0.25) is 0 Å². The lowest BCUT2D eigenvalue weighted by Gasteiger charge is -2.18. The van der Waals surface area contributed by atoms with Crippen molar-refractivity contribution in [1.82, 2.24) is 0 Å². The molecule has 1 atom stereocenters. The van der Waals surface area contributed by atoms with Crippen molar-refractivity contribution in [3.8, 4) is 0 Å². The molecular formula is C75H130O6. The van der Waals surface area contributed by atoms with E-state index in [1.54, 1.807) is 0 Å². The quantitative estimate of drug-likeness (QED) is 0.0261. The van der Waals surface area contributed by atoms with Crippen molar-refractivity contribution in [2.24, 2.45) is 0 Å². The molecule has 0 rings (SSSR count). The summed E-state index contributed by atoms with van der Waals surface area (Å²) in [5.74, 6) is -0.976. The summed E-state index contributed by atoms with van der Waals surface area (Å²) in [4.78, 5) is 38.4. The zero-order valence-corrected chi connectivity index (χ0v) is 53.5. The Balaban J connectivity index is 4.43. The molecule has 6 nitrogen and oxygen atoms in total. The first-order valence-electron chi connectivity index (χ1n) is 34.7. The third-order valence-corrected chi connectivity index (χ3v) is 15.1. The Labute approximate surface area is 502 Å². The number of rotatable bonds is 63. The van der Waals surface area contributed by atoms with Crippen LogP contribution in [0.25, 0.3) is 0 Å². The Morgan fingerprint density at radius 2 is 0.506 bits per heavy atom. The first-order chi connectivity index (χ1) is 40.0. The zero-order valence-electron chi connectivity index (χ0n) is 53.5. The van der Waals surface area contributed by atoms with Crippen molar-refractivity contribution in [2.45, 2.75) is 348 Å². The van der Waals surface area contributed by atoms with Crippen molar-refractivity contribution in [3.63, 3.8) is 0 Å². The van der Waals surface area contributed by atoms with E-state index in [2.05, 4.69) is 112 Å². The van der Waals surface area contributed by atoms with Gasteiger partial charge in [-0.25, -0.2) is 0 Å². The normalized spacial score (nSPS) is 12.7. The SMILES string of the molecule is CC/C=C\C/C=C\C/C=C\C/C=C\C/C=C\C/C=C\CCC(=O)OCC(COC(=O)CCCCCCCCCCCCCCCCCCCCCCCCC)OC(=O)CCCCCCCCCCC/C=C\C/C=C\CCCCCCC. The topological polar surface area (TPSA) is 78.9 Å². The van der Waals surface area contributed by atoms with Crippen LogP contribution in [-0.4, -0.2) is 37.2 Å². The summed E-state index contributed by atoms with van der Waals surface area (Å²) in [7, 11) is 0. The molecular weight excluding hydrogens is 997 g/mol. The highest BCUT2D eigenvalue weighted by Gasteiger charge is 2.19. The number of hydrogen-bond acceptors (Lipinski definition) is 6. The largest absolute Gasteiger partial charge is 0.462 e. The average molecular weight is 1130 g/mol. The molecule has 466 valence electrons. The van der Waals surface area contributed by atoms with Crippen LogP contribution in [0.15, 0.2) is 97.2 Å². The van der Waals surface area contributed by atoms with E-state index in [0.29, 0.717) is 19.3 Å². The van der Waals surface area contributed by atoms with E-state index in [1.807, 2.05) is 6.08 Å². The van der Waals surface area contributed by atoms with Crippen molar-refractivity contribution in [1.29, 1.82) is 0 Å². The Morgan fingerprint density at radius 1 is 0.259 bits per heavy atom. The minimum atomic E-state index is -0.812. The summed E-state index contributed by atoms with van der Waals surface area (Å²) >= 11 is 0. The van der Waals surface area contributed by atoms with E-state index in [4.69, 9.17) is 14.2 Å². The lowest BCUT2D eigenvalue weighted by molar-refractivity contribution is -0.166. The van der Waals surface area contributed by atoms with Crippen molar-refractivity contribution >= 4 is 17.9 Å².